The van der Waals surface area contributed by atoms with Crippen molar-refractivity contribution in [1.82, 2.24) is 4.98 Å². The Balaban J connectivity index is 1.46. The molecule has 152 valence electrons. The topological polar surface area (TPSA) is 45.7 Å². The number of ether oxygens (including phenoxy) is 1. The Kier molecular flexibility index (Phi) is 4.75. The smallest absolute Gasteiger partial charge is 0.262 e. The Morgan fingerprint density at radius 2 is 1.80 bits per heavy atom. The molecule has 0 N–H and O–H groups in total. The Labute approximate surface area is 176 Å². The minimum Gasteiger partial charge on any atom is -0.367 e. The molecule has 3 heterocycles. The van der Waals surface area contributed by atoms with Crippen LogP contribution in [0.2, 0.25) is 0 Å². The maximum absolute atomic E-state index is 13.5. The first-order chi connectivity index (χ1) is 14.7. The highest BCUT2D eigenvalue weighted by Crippen LogP contribution is 2.34. The number of amides is 1. The lowest BCUT2D eigenvalue weighted by molar-refractivity contribution is -0.0468. The summed E-state index contributed by atoms with van der Waals surface area (Å²) in [5, 5.41) is 0. The van der Waals surface area contributed by atoms with Gasteiger partial charge in [-0.25, -0.2) is 4.98 Å². The number of carbonyl (C=O) groups is 1. The van der Waals surface area contributed by atoms with Gasteiger partial charge in [-0.15, -0.1) is 0 Å². The van der Waals surface area contributed by atoms with Gasteiger partial charge in [0.25, 0.3) is 5.91 Å². The monoisotopic (exact) mass is 399 g/mol. The maximum Gasteiger partial charge on any atom is 0.262 e. The zero-order chi connectivity index (χ0) is 20.6. The maximum atomic E-state index is 13.5. The molecule has 3 aromatic rings. The molecule has 1 amide bonds. The Bertz CT molecular complexity index is 1070. The number of rotatable bonds is 3. The number of morpholine rings is 1. The van der Waals surface area contributed by atoms with E-state index in [0.717, 1.165) is 23.5 Å². The van der Waals surface area contributed by atoms with Gasteiger partial charge in [0, 0.05) is 25.0 Å². The van der Waals surface area contributed by atoms with Gasteiger partial charge in [-0.2, -0.15) is 0 Å². The van der Waals surface area contributed by atoms with Gasteiger partial charge in [0.1, 0.15) is 11.4 Å². The second-order valence-electron chi connectivity index (χ2n) is 8.08. The average Bonchev–Trinajstić information content (AvgIpc) is 3.23. The second-order valence-corrected chi connectivity index (χ2v) is 8.08. The summed E-state index contributed by atoms with van der Waals surface area (Å²) in [6, 6.07) is 22.1. The average molecular weight is 399 g/mol. The van der Waals surface area contributed by atoms with Gasteiger partial charge in [0.2, 0.25) is 0 Å². The van der Waals surface area contributed by atoms with Crippen LogP contribution in [-0.2, 0) is 16.8 Å². The molecule has 1 aromatic heterocycles. The van der Waals surface area contributed by atoms with Crippen LogP contribution >= 0.6 is 0 Å². The molecule has 1 fully saturated rings. The number of fused-ring (bicyclic) bond motifs is 1. The van der Waals surface area contributed by atoms with Crippen LogP contribution in [0.4, 0.5) is 11.5 Å². The van der Waals surface area contributed by atoms with E-state index in [4.69, 9.17) is 4.74 Å². The first-order valence-electron chi connectivity index (χ1n) is 10.4. The van der Waals surface area contributed by atoms with E-state index in [9.17, 15) is 4.79 Å². The van der Waals surface area contributed by atoms with Gasteiger partial charge in [0.05, 0.1) is 18.7 Å². The first-order valence-corrected chi connectivity index (χ1v) is 10.4. The Hall–Kier alpha value is -3.18. The number of anilines is 2. The molecule has 2 aliphatic heterocycles. The van der Waals surface area contributed by atoms with Crippen molar-refractivity contribution in [2.45, 2.75) is 18.9 Å². The minimum atomic E-state index is -0.447. The number of carbonyl (C=O) groups excluding carboxylic acids is 1. The molecular weight excluding hydrogens is 374 g/mol. The van der Waals surface area contributed by atoms with E-state index in [-0.39, 0.29) is 5.91 Å². The van der Waals surface area contributed by atoms with Crippen LogP contribution in [0, 0.1) is 0 Å². The number of para-hydroxylation sites is 1. The molecular formula is C25H25N3O2. The van der Waals surface area contributed by atoms with E-state index >= 15 is 0 Å². The molecule has 5 heteroatoms. The van der Waals surface area contributed by atoms with E-state index < -0.39 is 5.60 Å². The number of pyridine rings is 1. The summed E-state index contributed by atoms with van der Waals surface area (Å²) in [4.78, 5) is 22.2. The van der Waals surface area contributed by atoms with Gasteiger partial charge in [0.15, 0.2) is 0 Å². The minimum absolute atomic E-state index is 0.0101. The summed E-state index contributed by atoms with van der Waals surface area (Å²) in [7, 11) is 0. The van der Waals surface area contributed by atoms with Crippen molar-refractivity contribution in [2.75, 3.05) is 36.0 Å². The lowest BCUT2D eigenvalue weighted by Gasteiger charge is -2.42. The quantitative estimate of drug-likeness (QED) is 0.667. The van der Waals surface area contributed by atoms with Crippen molar-refractivity contribution in [1.29, 1.82) is 0 Å². The standard InChI is InChI=1S/C25H25N3O2/c1-25(20-9-3-2-4-10-20)18-27(16-17-30-25)23-21(11-7-14-26-23)24(29)28-15-13-19-8-5-6-12-22(19)28/h2-12,14H,13,15-18H2,1H3. The Morgan fingerprint density at radius 3 is 2.67 bits per heavy atom. The zero-order valence-corrected chi connectivity index (χ0v) is 17.1. The zero-order valence-electron chi connectivity index (χ0n) is 17.1. The van der Waals surface area contributed by atoms with E-state index in [1.54, 1.807) is 6.20 Å². The highest BCUT2D eigenvalue weighted by Gasteiger charge is 2.36. The van der Waals surface area contributed by atoms with E-state index in [1.807, 2.05) is 53.4 Å². The number of nitrogens with zero attached hydrogens (tertiary/aromatic N) is 3. The van der Waals surface area contributed by atoms with Crippen LogP contribution in [0.5, 0.6) is 0 Å². The van der Waals surface area contributed by atoms with Crippen molar-refractivity contribution < 1.29 is 9.53 Å². The van der Waals surface area contributed by atoms with Crippen molar-refractivity contribution in [2.24, 2.45) is 0 Å². The predicted octanol–water partition coefficient (Wildman–Crippen LogP) is 4.04. The lowest BCUT2D eigenvalue weighted by atomic mass is 9.93. The van der Waals surface area contributed by atoms with Crippen molar-refractivity contribution in [3.05, 3.63) is 89.6 Å². The van der Waals surface area contributed by atoms with Crippen LogP contribution in [-0.4, -0.2) is 37.1 Å². The molecule has 30 heavy (non-hydrogen) atoms. The molecule has 0 bridgehead atoms. The molecule has 0 radical (unpaired) electrons. The fourth-order valence-corrected chi connectivity index (χ4v) is 4.53. The van der Waals surface area contributed by atoms with Crippen LogP contribution < -0.4 is 9.80 Å². The molecule has 2 aliphatic rings. The van der Waals surface area contributed by atoms with Crippen LogP contribution in [0.25, 0.3) is 0 Å². The van der Waals surface area contributed by atoms with E-state index in [0.29, 0.717) is 31.8 Å². The summed E-state index contributed by atoms with van der Waals surface area (Å²) in [6.07, 6.45) is 2.65. The van der Waals surface area contributed by atoms with Gasteiger partial charge in [-0.05, 0) is 42.7 Å². The number of hydrogen-bond donors (Lipinski definition) is 0. The fraction of sp³-hybridized carbons (Fsp3) is 0.280. The molecule has 0 spiro atoms. The van der Waals surface area contributed by atoms with Crippen molar-refractivity contribution >= 4 is 17.4 Å². The molecule has 0 aliphatic carbocycles. The SMILES string of the molecule is CC1(c2ccccc2)CN(c2ncccc2C(=O)N2CCc3ccccc32)CCO1. The molecule has 0 saturated carbocycles. The lowest BCUT2D eigenvalue weighted by Crippen LogP contribution is -2.49. The van der Waals surface area contributed by atoms with Crippen molar-refractivity contribution in [3.63, 3.8) is 0 Å². The number of benzene rings is 2. The van der Waals surface area contributed by atoms with Crippen LogP contribution in [0.1, 0.15) is 28.4 Å². The molecule has 1 saturated heterocycles. The summed E-state index contributed by atoms with van der Waals surface area (Å²) < 4.78 is 6.19. The first kappa shape index (κ1) is 18.8. The third-order valence-electron chi connectivity index (χ3n) is 6.11. The highest BCUT2D eigenvalue weighted by atomic mass is 16.5. The molecule has 1 atom stereocenters. The fourth-order valence-electron chi connectivity index (χ4n) is 4.53. The largest absolute Gasteiger partial charge is 0.367 e. The van der Waals surface area contributed by atoms with Gasteiger partial charge in [-0.3, -0.25) is 4.79 Å². The third-order valence-corrected chi connectivity index (χ3v) is 6.11. The van der Waals surface area contributed by atoms with Gasteiger partial charge >= 0.3 is 0 Å². The number of hydrogen-bond acceptors (Lipinski definition) is 4. The molecule has 1 unspecified atom stereocenters. The highest BCUT2D eigenvalue weighted by molar-refractivity contribution is 6.10. The van der Waals surface area contributed by atoms with E-state index in [2.05, 4.69) is 35.0 Å². The second kappa shape index (κ2) is 7.58. The van der Waals surface area contributed by atoms with Crippen LogP contribution in [0.3, 0.4) is 0 Å². The number of aromatic nitrogens is 1. The van der Waals surface area contributed by atoms with Crippen LogP contribution in [0.15, 0.2) is 72.9 Å². The molecule has 5 rings (SSSR count). The van der Waals surface area contributed by atoms with E-state index in [1.165, 1.54) is 5.56 Å². The normalized spacial score (nSPS) is 20.8. The summed E-state index contributed by atoms with van der Waals surface area (Å²) in [5.41, 5.74) is 3.56. The summed E-state index contributed by atoms with van der Waals surface area (Å²) in [6.45, 7) is 4.75. The Morgan fingerprint density at radius 1 is 1.00 bits per heavy atom. The van der Waals surface area contributed by atoms with Crippen molar-refractivity contribution in [3.8, 4) is 0 Å². The third kappa shape index (κ3) is 3.25. The van der Waals surface area contributed by atoms with Gasteiger partial charge < -0.3 is 14.5 Å². The molecule has 5 nitrogen and oxygen atoms in total. The summed E-state index contributed by atoms with van der Waals surface area (Å²) >= 11 is 0. The van der Waals surface area contributed by atoms with Gasteiger partial charge in [-0.1, -0.05) is 48.5 Å². The molecule has 2 aromatic carbocycles. The summed E-state index contributed by atoms with van der Waals surface area (Å²) in [5.74, 6) is 0.744. The predicted molar refractivity (Wildman–Crippen MR) is 118 cm³/mol.